The van der Waals surface area contributed by atoms with Crippen molar-refractivity contribution < 1.29 is 13.3 Å². The molecule has 0 aromatic carbocycles. The number of piperidine rings is 1. The zero-order valence-electron chi connectivity index (χ0n) is 7.99. The van der Waals surface area contributed by atoms with Gasteiger partial charge >= 0.3 is 10.2 Å². The SMILES string of the molecule is CONS(=O)(=O)N1CCC(C)CC1. The standard InChI is InChI=1S/C7H16N2O3S/c1-7-3-5-9(6-4-7)13(10,11)8-12-2/h7-8H,3-6H2,1-2H3. The molecular weight excluding hydrogens is 192 g/mol. The highest BCUT2D eigenvalue weighted by Gasteiger charge is 2.25. The molecule has 0 atom stereocenters. The third-order valence-corrected chi connectivity index (χ3v) is 3.69. The molecule has 1 aliphatic heterocycles. The zero-order valence-corrected chi connectivity index (χ0v) is 8.80. The fourth-order valence-corrected chi connectivity index (χ4v) is 2.39. The monoisotopic (exact) mass is 208 g/mol. The van der Waals surface area contributed by atoms with Crippen LogP contribution in [0.2, 0.25) is 0 Å². The Morgan fingerprint density at radius 3 is 2.38 bits per heavy atom. The maximum absolute atomic E-state index is 11.4. The molecule has 0 radical (unpaired) electrons. The highest BCUT2D eigenvalue weighted by molar-refractivity contribution is 7.87. The van der Waals surface area contributed by atoms with Gasteiger partial charge in [-0.2, -0.15) is 12.7 Å². The van der Waals surface area contributed by atoms with Crippen LogP contribution in [0.15, 0.2) is 0 Å². The highest BCUT2D eigenvalue weighted by Crippen LogP contribution is 2.17. The average Bonchev–Trinajstić information content (AvgIpc) is 2.05. The van der Waals surface area contributed by atoms with Gasteiger partial charge in [-0.3, -0.25) is 4.84 Å². The summed E-state index contributed by atoms with van der Waals surface area (Å²) in [6.45, 7) is 3.30. The molecular formula is C7H16N2O3S. The molecule has 0 bridgehead atoms. The summed E-state index contributed by atoms with van der Waals surface area (Å²) in [6.07, 6.45) is 1.84. The molecule has 1 aliphatic rings. The summed E-state index contributed by atoms with van der Waals surface area (Å²) in [5.74, 6) is 0.619. The number of rotatable bonds is 3. The normalized spacial score (nSPS) is 22.0. The molecule has 1 heterocycles. The Labute approximate surface area is 79.2 Å². The number of nitrogens with zero attached hydrogens (tertiary/aromatic N) is 1. The number of hydrogen-bond acceptors (Lipinski definition) is 3. The van der Waals surface area contributed by atoms with E-state index >= 15 is 0 Å². The minimum Gasteiger partial charge on any atom is -0.289 e. The highest BCUT2D eigenvalue weighted by atomic mass is 32.2. The Hall–Kier alpha value is -0.170. The lowest BCUT2D eigenvalue weighted by Gasteiger charge is -2.28. The maximum Gasteiger partial charge on any atom is 0.301 e. The molecule has 1 saturated heterocycles. The van der Waals surface area contributed by atoms with Crippen LogP contribution in [0.25, 0.3) is 0 Å². The van der Waals surface area contributed by atoms with Crippen LogP contribution in [-0.4, -0.2) is 32.9 Å². The van der Waals surface area contributed by atoms with Gasteiger partial charge in [-0.15, -0.1) is 0 Å². The number of hydrogen-bond donors (Lipinski definition) is 1. The van der Waals surface area contributed by atoms with E-state index in [-0.39, 0.29) is 0 Å². The molecule has 0 saturated carbocycles. The first-order valence-electron chi connectivity index (χ1n) is 4.36. The van der Waals surface area contributed by atoms with E-state index < -0.39 is 10.2 Å². The first-order valence-corrected chi connectivity index (χ1v) is 5.80. The van der Waals surface area contributed by atoms with Gasteiger partial charge in [0.15, 0.2) is 0 Å². The Bertz CT molecular complexity index is 244. The first kappa shape index (κ1) is 10.9. The minimum atomic E-state index is -3.40. The molecule has 0 unspecified atom stereocenters. The van der Waals surface area contributed by atoms with E-state index in [1.165, 1.54) is 11.4 Å². The predicted molar refractivity (Wildman–Crippen MR) is 49.0 cm³/mol. The van der Waals surface area contributed by atoms with Crippen LogP contribution < -0.4 is 4.89 Å². The predicted octanol–water partition coefficient (Wildman–Crippen LogP) is 0.114. The summed E-state index contributed by atoms with van der Waals surface area (Å²) < 4.78 is 24.2. The smallest absolute Gasteiger partial charge is 0.289 e. The van der Waals surface area contributed by atoms with Crippen LogP contribution in [0.3, 0.4) is 0 Å². The van der Waals surface area contributed by atoms with Crippen LogP contribution >= 0.6 is 0 Å². The molecule has 1 fully saturated rings. The van der Waals surface area contributed by atoms with Crippen molar-refractivity contribution in [3.63, 3.8) is 0 Å². The molecule has 0 aromatic rings. The van der Waals surface area contributed by atoms with E-state index in [9.17, 15) is 8.42 Å². The van der Waals surface area contributed by atoms with Crippen molar-refractivity contribution >= 4 is 10.2 Å². The Balaban J connectivity index is 2.53. The molecule has 1 N–H and O–H groups in total. The van der Waals surface area contributed by atoms with Crippen LogP contribution in [0.5, 0.6) is 0 Å². The lowest BCUT2D eigenvalue weighted by atomic mass is 10.0. The van der Waals surface area contributed by atoms with E-state index in [0.29, 0.717) is 19.0 Å². The third kappa shape index (κ3) is 2.91. The van der Waals surface area contributed by atoms with E-state index in [1.807, 2.05) is 4.89 Å². The van der Waals surface area contributed by atoms with Gasteiger partial charge in [0.25, 0.3) is 0 Å². The molecule has 1 rings (SSSR count). The fraction of sp³-hybridized carbons (Fsp3) is 1.00. The maximum atomic E-state index is 11.4. The topological polar surface area (TPSA) is 58.6 Å². The second kappa shape index (κ2) is 4.36. The van der Waals surface area contributed by atoms with Crippen molar-refractivity contribution in [2.75, 3.05) is 20.2 Å². The van der Waals surface area contributed by atoms with Gasteiger partial charge in [-0.05, 0) is 18.8 Å². The summed E-state index contributed by atoms with van der Waals surface area (Å²) >= 11 is 0. The van der Waals surface area contributed by atoms with Crippen molar-refractivity contribution in [1.82, 2.24) is 9.19 Å². The third-order valence-electron chi connectivity index (χ3n) is 2.27. The summed E-state index contributed by atoms with van der Waals surface area (Å²) in [4.78, 5) is 6.41. The second-order valence-corrected chi connectivity index (χ2v) is 5.01. The van der Waals surface area contributed by atoms with Crippen LogP contribution in [0, 0.1) is 5.92 Å². The summed E-state index contributed by atoms with van der Waals surface area (Å²) in [7, 11) is -2.10. The van der Waals surface area contributed by atoms with Crippen LogP contribution in [0.1, 0.15) is 19.8 Å². The minimum absolute atomic E-state index is 0.583. The van der Waals surface area contributed by atoms with Crippen molar-refractivity contribution in [1.29, 1.82) is 0 Å². The van der Waals surface area contributed by atoms with Gasteiger partial charge < -0.3 is 0 Å². The van der Waals surface area contributed by atoms with Crippen molar-refractivity contribution in [3.8, 4) is 0 Å². The number of nitrogens with one attached hydrogen (secondary N) is 1. The largest absolute Gasteiger partial charge is 0.301 e. The molecule has 0 spiro atoms. The van der Waals surface area contributed by atoms with Gasteiger partial charge in [0.2, 0.25) is 0 Å². The quantitative estimate of drug-likeness (QED) is 0.670. The molecule has 78 valence electrons. The molecule has 5 nitrogen and oxygen atoms in total. The van der Waals surface area contributed by atoms with Gasteiger partial charge in [-0.25, -0.2) is 0 Å². The molecule has 0 aliphatic carbocycles. The van der Waals surface area contributed by atoms with Gasteiger partial charge in [0.05, 0.1) is 7.11 Å². The van der Waals surface area contributed by atoms with E-state index in [1.54, 1.807) is 0 Å². The molecule has 0 amide bonds. The van der Waals surface area contributed by atoms with E-state index in [2.05, 4.69) is 11.8 Å². The van der Waals surface area contributed by atoms with Gasteiger partial charge in [0, 0.05) is 13.1 Å². The molecule has 13 heavy (non-hydrogen) atoms. The fourth-order valence-electron chi connectivity index (χ4n) is 1.38. The van der Waals surface area contributed by atoms with Crippen molar-refractivity contribution in [3.05, 3.63) is 0 Å². The summed E-state index contributed by atoms with van der Waals surface area (Å²) in [6, 6.07) is 0. The van der Waals surface area contributed by atoms with E-state index in [0.717, 1.165) is 12.8 Å². The lowest BCUT2D eigenvalue weighted by molar-refractivity contribution is 0.142. The van der Waals surface area contributed by atoms with Crippen LogP contribution in [0.4, 0.5) is 0 Å². The summed E-state index contributed by atoms with van der Waals surface area (Å²) in [5, 5.41) is 0. The lowest BCUT2D eigenvalue weighted by Crippen LogP contribution is -2.44. The Kier molecular flexibility index (Phi) is 3.66. The Morgan fingerprint density at radius 1 is 1.38 bits per heavy atom. The van der Waals surface area contributed by atoms with E-state index in [4.69, 9.17) is 0 Å². The van der Waals surface area contributed by atoms with Crippen molar-refractivity contribution in [2.45, 2.75) is 19.8 Å². The summed E-state index contributed by atoms with van der Waals surface area (Å²) in [5.41, 5.74) is 0. The van der Waals surface area contributed by atoms with Gasteiger partial charge in [-0.1, -0.05) is 11.8 Å². The average molecular weight is 208 g/mol. The zero-order chi connectivity index (χ0) is 9.90. The van der Waals surface area contributed by atoms with Crippen LogP contribution in [-0.2, 0) is 15.0 Å². The second-order valence-electron chi connectivity index (χ2n) is 3.37. The molecule has 6 heteroatoms. The van der Waals surface area contributed by atoms with Crippen molar-refractivity contribution in [2.24, 2.45) is 5.92 Å². The molecule has 0 aromatic heterocycles. The van der Waals surface area contributed by atoms with Gasteiger partial charge in [0.1, 0.15) is 0 Å². The first-order chi connectivity index (χ1) is 6.06. The Morgan fingerprint density at radius 2 is 1.92 bits per heavy atom.